The monoisotopic (exact) mass is 516 g/mol. The molecule has 9 nitrogen and oxygen atoms in total. The fourth-order valence-corrected chi connectivity index (χ4v) is 5.74. The van der Waals surface area contributed by atoms with Crippen LogP contribution in [-0.4, -0.2) is 42.6 Å². The Morgan fingerprint density at radius 2 is 1.75 bits per heavy atom. The first kappa shape index (κ1) is 21.4. The van der Waals surface area contributed by atoms with Crippen molar-refractivity contribution in [1.29, 1.82) is 0 Å². The molecule has 4 heterocycles. The molecule has 0 saturated carbocycles. The Labute approximate surface area is 212 Å². The van der Waals surface area contributed by atoms with E-state index in [9.17, 15) is 9.90 Å². The van der Waals surface area contributed by atoms with Gasteiger partial charge < -0.3 is 19.3 Å². The van der Waals surface area contributed by atoms with E-state index in [1.54, 1.807) is 30.3 Å². The predicted molar refractivity (Wildman–Crippen MR) is 133 cm³/mol. The predicted octanol–water partition coefficient (Wildman–Crippen LogP) is 3.87. The van der Waals surface area contributed by atoms with Crippen LogP contribution in [0.1, 0.15) is 16.7 Å². The van der Waals surface area contributed by atoms with Gasteiger partial charge in [-0.1, -0.05) is 16.6 Å². The number of aromatic nitrogens is 4. The SMILES string of the molecule is O=C1OC(O)(c2ccc3c(c2)OCCO3)C(Cc2ccc3nnsc3c2)=C1c1ccc2nsnc2c1. The van der Waals surface area contributed by atoms with E-state index in [1.807, 2.05) is 24.3 Å². The number of fused-ring (bicyclic) bond motifs is 3. The van der Waals surface area contributed by atoms with Gasteiger partial charge in [0.25, 0.3) is 5.79 Å². The molecular formula is C25H16N4O5S2. The fourth-order valence-electron chi connectivity index (χ4n) is 4.60. The van der Waals surface area contributed by atoms with Gasteiger partial charge >= 0.3 is 5.97 Å². The number of ether oxygens (including phenoxy) is 3. The van der Waals surface area contributed by atoms with E-state index < -0.39 is 11.8 Å². The summed E-state index contributed by atoms with van der Waals surface area (Å²) in [5, 5.41) is 16.1. The summed E-state index contributed by atoms with van der Waals surface area (Å²) in [5.74, 6) is -1.56. The lowest BCUT2D eigenvalue weighted by molar-refractivity contribution is -0.185. The van der Waals surface area contributed by atoms with Crippen LogP contribution in [0.25, 0.3) is 26.8 Å². The molecule has 5 aromatic rings. The second-order valence-electron chi connectivity index (χ2n) is 8.47. The topological polar surface area (TPSA) is 117 Å². The third kappa shape index (κ3) is 3.35. The van der Waals surface area contributed by atoms with Crippen molar-refractivity contribution in [3.05, 3.63) is 76.9 Å². The highest BCUT2D eigenvalue weighted by Gasteiger charge is 2.48. The van der Waals surface area contributed by atoms with Crippen molar-refractivity contribution < 1.29 is 24.1 Å². The molecule has 1 atom stereocenters. The van der Waals surface area contributed by atoms with Crippen LogP contribution in [-0.2, 0) is 21.7 Å². The number of hydrogen-bond donors (Lipinski definition) is 1. The number of benzene rings is 3. The van der Waals surface area contributed by atoms with Crippen LogP contribution in [0.5, 0.6) is 11.5 Å². The highest BCUT2D eigenvalue weighted by molar-refractivity contribution is 7.12. The maximum absolute atomic E-state index is 13.4. The van der Waals surface area contributed by atoms with Crippen LogP contribution in [0.3, 0.4) is 0 Å². The molecule has 2 aliphatic heterocycles. The number of carbonyl (C=O) groups is 1. The van der Waals surface area contributed by atoms with Gasteiger partial charge in [-0.15, -0.1) is 5.10 Å². The Bertz CT molecular complexity index is 1710. The van der Waals surface area contributed by atoms with Gasteiger partial charge in [0, 0.05) is 17.6 Å². The summed E-state index contributed by atoms with van der Waals surface area (Å²) in [6.07, 6.45) is 0.257. The molecule has 2 aliphatic rings. The second-order valence-corrected chi connectivity index (χ2v) is 9.78. The first-order valence-electron chi connectivity index (χ1n) is 11.1. The van der Waals surface area contributed by atoms with Gasteiger partial charge in [-0.2, -0.15) is 8.75 Å². The quantitative estimate of drug-likeness (QED) is 0.355. The molecule has 7 rings (SSSR count). The van der Waals surface area contributed by atoms with Crippen molar-refractivity contribution in [2.75, 3.05) is 13.2 Å². The first-order chi connectivity index (χ1) is 17.6. The smallest absolute Gasteiger partial charge is 0.342 e. The minimum absolute atomic E-state index is 0.257. The zero-order chi connectivity index (χ0) is 24.3. The molecule has 1 unspecified atom stereocenters. The normalized spacial score (nSPS) is 19.3. The lowest BCUT2D eigenvalue weighted by Crippen LogP contribution is -2.30. The summed E-state index contributed by atoms with van der Waals surface area (Å²) in [5.41, 5.74) is 4.78. The molecule has 36 heavy (non-hydrogen) atoms. The van der Waals surface area contributed by atoms with Crippen molar-refractivity contribution in [1.82, 2.24) is 18.3 Å². The zero-order valence-corrected chi connectivity index (χ0v) is 20.1. The van der Waals surface area contributed by atoms with Gasteiger partial charge in [-0.3, -0.25) is 0 Å². The molecule has 1 N–H and O–H groups in total. The summed E-state index contributed by atoms with van der Waals surface area (Å²) in [4.78, 5) is 13.4. The van der Waals surface area contributed by atoms with Crippen molar-refractivity contribution in [3.8, 4) is 11.5 Å². The minimum atomic E-state index is -2.00. The van der Waals surface area contributed by atoms with Gasteiger partial charge in [0.15, 0.2) is 11.5 Å². The van der Waals surface area contributed by atoms with Gasteiger partial charge in [-0.05, 0) is 65.1 Å². The summed E-state index contributed by atoms with van der Waals surface area (Å²) in [6, 6.07) is 16.2. The number of aliphatic hydroxyl groups is 1. The van der Waals surface area contributed by atoms with E-state index in [4.69, 9.17) is 14.2 Å². The molecular weight excluding hydrogens is 500 g/mol. The number of esters is 1. The van der Waals surface area contributed by atoms with Crippen LogP contribution in [0, 0.1) is 0 Å². The Morgan fingerprint density at radius 3 is 2.67 bits per heavy atom. The van der Waals surface area contributed by atoms with E-state index in [0.29, 0.717) is 52.5 Å². The lowest BCUT2D eigenvalue weighted by Gasteiger charge is -2.27. The number of carbonyl (C=O) groups excluding carboxylic acids is 1. The third-order valence-electron chi connectivity index (χ3n) is 6.32. The molecule has 0 fully saturated rings. The fraction of sp³-hybridized carbons (Fsp3) is 0.160. The molecule has 11 heteroatoms. The number of rotatable bonds is 4. The second kappa shape index (κ2) is 8.05. The summed E-state index contributed by atoms with van der Waals surface area (Å²) in [7, 11) is 0. The average molecular weight is 517 g/mol. The first-order valence-corrected chi connectivity index (χ1v) is 12.6. The Balaban J connectivity index is 1.41. The van der Waals surface area contributed by atoms with Crippen LogP contribution in [0.15, 0.2) is 60.2 Å². The number of nitrogens with zero attached hydrogens (tertiary/aromatic N) is 4. The van der Waals surface area contributed by atoms with E-state index >= 15 is 0 Å². The van der Waals surface area contributed by atoms with E-state index in [0.717, 1.165) is 33.0 Å². The van der Waals surface area contributed by atoms with Crippen molar-refractivity contribution in [2.45, 2.75) is 12.2 Å². The van der Waals surface area contributed by atoms with Crippen LogP contribution in [0.2, 0.25) is 0 Å². The summed E-state index contributed by atoms with van der Waals surface area (Å²) < 4.78 is 30.6. The standard InChI is InChI=1S/C25H16N4O5S2/c30-24-23(14-2-5-17-19(11-14)28-36-27-17)16(9-13-1-4-18-22(10-13)35-29-26-18)25(31,34-24)15-3-6-20-21(12-15)33-8-7-32-20/h1-6,10-12,31H,7-9H2. The molecule has 2 aromatic heterocycles. The molecule has 3 aromatic carbocycles. The van der Waals surface area contributed by atoms with E-state index in [1.165, 1.54) is 11.5 Å². The van der Waals surface area contributed by atoms with Crippen LogP contribution >= 0.6 is 23.3 Å². The molecule has 0 radical (unpaired) electrons. The molecule has 0 spiro atoms. The van der Waals surface area contributed by atoms with E-state index in [-0.39, 0.29) is 6.42 Å². The summed E-state index contributed by atoms with van der Waals surface area (Å²) >= 11 is 2.39. The van der Waals surface area contributed by atoms with Crippen molar-refractivity contribution in [3.63, 3.8) is 0 Å². The van der Waals surface area contributed by atoms with Crippen molar-refractivity contribution in [2.24, 2.45) is 0 Å². The molecule has 0 amide bonds. The Kier molecular flexibility index (Phi) is 4.78. The van der Waals surface area contributed by atoms with Crippen LogP contribution in [0.4, 0.5) is 0 Å². The molecule has 0 aliphatic carbocycles. The summed E-state index contributed by atoms with van der Waals surface area (Å²) in [6.45, 7) is 0.844. The van der Waals surface area contributed by atoms with Crippen molar-refractivity contribution >= 4 is 56.1 Å². The molecule has 178 valence electrons. The van der Waals surface area contributed by atoms with Gasteiger partial charge in [0.05, 0.1) is 22.0 Å². The molecule has 0 bridgehead atoms. The lowest BCUT2D eigenvalue weighted by atomic mass is 9.88. The third-order valence-corrected chi connectivity index (χ3v) is 7.57. The van der Waals surface area contributed by atoms with E-state index in [2.05, 4.69) is 18.3 Å². The average Bonchev–Trinajstić information content (AvgIpc) is 3.61. The maximum atomic E-state index is 13.4. The largest absolute Gasteiger partial charge is 0.486 e. The highest BCUT2D eigenvalue weighted by Crippen LogP contribution is 2.47. The van der Waals surface area contributed by atoms with Crippen LogP contribution < -0.4 is 9.47 Å². The number of hydrogen-bond acceptors (Lipinski definition) is 11. The highest BCUT2D eigenvalue weighted by atomic mass is 32.1. The minimum Gasteiger partial charge on any atom is -0.486 e. The molecule has 0 saturated heterocycles. The van der Waals surface area contributed by atoms with Gasteiger partial charge in [-0.25, -0.2) is 4.79 Å². The van der Waals surface area contributed by atoms with Gasteiger partial charge in [0.1, 0.15) is 29.8 Å². The Morgan fingerprint density at radius 1 is 0.917 bits per heavy atom. The number of cyclic esters (lactones) is 1. The Hall–Kier alpha value is -3.93. The maximum Gasteiger partial charge on any atom is 0.342 e. The van der Waals surface area contributed by atoms with Gasteiger partial charge in [0.2, 0.25) is 0 Å². The zero-order valence-electron chi connectivity index (χ0n) is 18.5.